The molecule has 18 heavy (non-hydrogen) atoms. The van der Waals surface area contributed by atoms with Crippen molar-refractivity contribution in [2.75, 3.05) is 12.4 Å². The highest BCUT2D eigenvalue weighted by Crippen LogP contribution is 2.36. The lowest BCUT2D eigenvalue weighted by molar-refractivity contribution is 0.148. The molecule has 0 spiro atoms. The molecule has 0 unspecified atom stereocenters. The van der Waals surface area contributed by atoms with Crippen LogP contribution in [0.3, 0.4) is 0 Å². The number of thiol groups is 1. The maximum Gasteiger partial charge on any atom is 0.119 e. The Morgan fingerprint density at radius 2 is 1.67 bits per heavy atom. The molecule has 1 fully saturated rings. The van der Waals surface area contributed by atoms with Crippen LogP contribution < -0.4 is 4.74 Å². The van der Waals surface area contributed by atoms with Crippen molar-refractivity contribution in [1.29, 1.82) is 0 Å². The van der Waals surface area contributed by atoms with Crippen LogP contribution in [0, 0.1) is 12.3 Å². The number of hydrogen-bond acceptors (Lipinski definition) is 2. The Bertz CT molecular complexity index is 350. The molecule has 0 aliphatic heterocycles. The van der Waals surface area contributed by atoms with Crippen LogP contribution in [0.25, 0.3) is 0 Å². The minimum Gasteiger partial charge on any atom is -0.493 e. The van der Waals surface area contributed by atoms with Gasteiger partial charge in [-0.3, -0.25) is 0 Å². The predicted octanol–water partition coefficient (Wildman–Crippen LogP) is 4.64. The van der Waals surface area contributed by atoms with Crippen LogP contribution in [0.1, 0.15) is 44.1 Å². The molecule has 0 aromatic heterocycles. The zero-order valence-electron chi connectivity index (χ0n) is 11.3. The number of hydrogen-bond donors (Lipinski definition) is 1. The molecule has 1 saturated carbocycles. The fourth-order valence-electron chi connectivity index (χ4n) is 2.70. The van der Waals surface area contributed by atoms with Gasteiger partial charge in [-0.15, -0.1) is 0 Å². The summed E-state index contributed by atoms with van der Waals surface area (Å²) < 4.78 is 6.00. The van der Waals surface area contributed by atoms with E-state index in [0.717, 1.165) is 18.1 Å². The number of aryl methyl sites for hydroxylation is 1. The van der Waals surface area contributed by atoms with E-state index in [1.165, 1.54) is 44.1 Å². The van der Waals surface area contributed by atoms with E-state index in [-0.39, 0.29) is 0 Å². The summed E-state index contributed by atoms with van der Waals surface area (Å²) in [7, 11) is 0. The van der Waals surface area contributed by atoms with E-state index in [2.05, 4.69) is 43.8 Å². The standard InChI is InChI=1S/C16H24OS/c1-14-6-8-15(9-7-14)17-12-16(13-18)10-4-2-3-5-11-16/h6-9,18H,2-5,10-13H2,1H3. The van der Waals surface area contributed by atoms with E-state index >= 15 is 0 Å². The normalized spacial score (nSPS) is 19.2. The molecule has 1 aromatic carbocycles. The molecular weight excluding hydrogens is 240 g/mol. The van der Waals surface area contributed by atoms with Gasteiger partial charge in [-0.2, -0.15) is 12.6 Å². The van der Waals surface area contributed by atoms with E-state index in [9.17, 15) is 0 Å². The lowest BCUT2D eigenvalue weighted by atomic mass is 9.83. The van der Waals surface area contributed by atoms with E-state index in [0.29, 0.717) is 5.41 Å². The Hall–Kier alpha value is -0.630. The fraction of sp³-hybridized carbons (Fsp3) is 0.625. The molecule has 1 aliphatic carbocycles. The lowest BCUT2D eigenvalue weighted by Crippen LogP contribution is -2.30. The summed E-state index contributed by atoms with van der Waals surface area (Å²) in [5.74, 6) is 1.93. The Labute approximate surface area is 116 Å². The predicted molar refractivity (Wildman–Crippen MR) is 80.7 cm³/mol. The number of rotatable bonds is 4. The van der Waals surface area contributed by atoms with Crippen molar-refractivity contribution in [3.63, 3.8) is 0 Å². The first kappa shape index (κ1) is 13.8. The van der Waals surface area contributed by atoms with Gasteiger partial charge in [0.15, 0.2) is 0 Å². The molecule has 100 valence electrons. The Balaban J connectivity index is 1.95. The van der Waals surface area contributed by atoms with Gasteiger partial charge in [-0.25, -0.2) is 0 Å². The van der Waals surface area contributed by atoms with Gasteiger partial charge in [-0.05, 0) is 37.7 Å². The van der Waals surface area contributed by atoms with Gasteiger partial charge in [0.25, 0.3) is 0 Å². The highest BCUT2D eigenvalue weighted by molar-refractivity contribution is 7.80. The Kier molecular flexibility index (Phi) is 4.99. The summed E-state index contributed by atoms with van der Waals surface area (Å²) in [4.78, 5) is 0. The van der Waals surface area contributed by atoms with Gasteiger partial charge in [0.1, 0.15) is 5.75 Å². The zero-order chi connectivity index (χ0) is 12.8. The highest BCUT2D eigenvalue weighted by atomic mass is 32.1. The summed E-state index contributed by atoms with van der Waals surface area (Å²) in [6.07, 6.45) is 7.94. The third-order valence-corrected chi connectivity index (χ3v) is 4.74. The first-order chi connectivity index (χ1) is 8.74. The van der Waals surface area contributed by atoms with Crippen LogP contribution in [0.2, 0.25) is 0 Å². The summed E-state index contributed by atoms with van der Waals surface area (Å²) in [5.41, 5.74) is 1.57. The van der Waals surface area contributed by atoms with Crippen molar-refractivity contribution in [2.45, 2.75) is 45.4 Å². The molecule has 0 saturated heterocycles. The number of ether oxygens (including phenoxy) is 1. The summed E-state index contributed by atoms with van der Waals surface area (Å²) in [6.45, 7) is 2.92. The van der Waals surface area contributed by atoms with Gasteiger partial charge < -0.3 is 4.74 Å². The van der Waals surface area contributed by atoms with Crippen molar-refractivity contribution in [2.24, 2.45) is 5.41 Å². The fourth-order valence-corrected chi connectivity index (χ4v) is 3.11. The molecule has 1 nitrogen and oxygen atoms in total. The summed E-state index contributed by atoms with van der Waals surface area (Å²) in [5, 5.41) is 0. The van der Waals surface area contributed by atoms with E-state index in [1.54, 1.807) is 0 Å². The summed E-state index contributed by atoms with van der Waals surface area (Å²) >= 11 is 4.58. The zero-order valence-corrected chi connectivity index (χ0v) is 12.2. The van der Waals surface area contributed by atoms with Crippen LogP contribution in [0.15, 0.2) is 24.3 Å². The molecule has 0 amide bonds. The van der Waals surface area contributed by atoms with Gasteiger partial charge >= 0.3 is 0 Å². The van der Waals surface area contributed by atoms with Crippen LogP contribution in [0.5, 0.6) is 5.75 Å². The number of benzene rings is 1. The van der Waals surface area contributed by atoms with Crippen molar-refractivity contribution >= 4 is 12.6 Å². The van der Waals surface area contributed by atoms with Gasteiger partial charge in [0, 0.05) is 5.41 Å². The van der Waals surface area contributed by atoms with Crippen LogP contribution in [-0.4, -0.2) is 12.4 Å². The van der Waals surface area contributed by atoms with Gasteiger partial charge in [-0.1, -0.05) is 43.4 Å². The second-order valence-corrected chi connectivity index (χ2v) is 5.99. The maximum atomic E-state index is 6.00. The maximum absolute atomic E-state index is 6.00. The van der Waals surface area contributed by atoms with Crippen LogP contribution in [-0.2, 0) is 0 Å². The monoisotopic (exact) mass is 264 g/mol. The van der Waals surface area contributed by atoms with Crippen molar-refractivity contribution in [3.8, 4) is 5.75 Å². The average molecular weight is 264 g/mol. The molecule has 0 atom stereocenters. The topological polar surface area (TPSA) is 9.23 Å². The third-order valence-electron chi connectivity index (χ3n) is 4.07. The Morgan fingerprint density at radius 3 is 2.22 bits per heavy atom. The molecule has 0 bridgehead atoms. The molecule has 0 N–H and O–H groups in total. The molecule has 0 radical (unpaired) electrons. The molecule has 1 aromatic rings. The van der Waals surface area contributed by atoms with Crippen molar-refractivity contribution in [3.05, 3.63) is 29.8 Å². The lowest BCUT2D eigenvalue weighted by Gasteiger charge is -2.30. The first-order valence-corrected chi connectivity index (χ1v) is 7.68. The minimum atomic E-state index is 0.296. The molecule has 0 heterocycles. The average Bonchev–Trinajstić information content (AvgIpc) is 2.64. The van der Waals surface area contributed by atoms with Crippen molar-refractivity contribution < 1.29 is 4.74 Å². The SMILES string of the molecule is Cc1ccc(OCC2(CS)CCCCCC2)cc1. The largest absolute Gasteiger partial charge is 0.493 e. The van der Waals surface area contributed by atoms with Crippen LogP contribution in [0.4, 0.5) is 0 Å². The minimum absolute atomic E-state index is 0.296. The molecular formula is C16H24OS. The molecule has 1 aliphatic rings. The van der Waals surface area contributed by atoms with Crippen molar-refractivity contribution in [1.82, 2.24) is 0 Å². The van der Waals surface area contributed by atoms with Crippen LogP contribution >= 0.6 is 12.6 Å². The Morgan fingerprint density at radius 1 is 1.06 bits per heavy atom. The first-order valence-electron chi connectivity index (χ1n) is 7.04. The van der Waals surface area contributed by atoms with Gasteiger partial charge in [0.05, 0.1) is 6.61 Å². The highest BCUT2D eigenvalue weighted by Gasteiger charge is 2.30. The quantitative estimate of drug-likeness (QED) is 0.615. The van der Waals surface area contributed by atoms with E-state index in [4.69, 9.17) is 4.74 Å². The second-order valence-electron chi connectivity index (χ2n) is 5.67. The summed E-state index contributed by atoms with van der Waals surface area (Å²) in [6, 6.07) is 8.35. The second kappa shape index (κ2) is 6.51. The van der Waals surface area contributed by atoms with E-state index < -0.39 is 0 Å². The molecule has 2 rings (SSSR count). The molecule has 2 heteroatoms. The van der Waals surface area contributed by atoms with Gasteiger partial charge in [0.2, 0.25) is 0 Å². The smallest absolute Gasteiger partial charge is 0.119 e. The van der Waals surface area contributed by atoms with E-state index in [1.807, 2.05) is 0 Å². The third kappa shape index (κ3) is 3.68.